The summed E-state index contributed by atoms with van der Waals surface area (Å²) in [6.07, 6.45) is 4.06. The van der Waals surface area contributed by atoms with Crippen molar-refractivity contribution in [3.8, 4) is 5.75 Å². The van der Waals surface area contributed by atoms with E-state index in [1.54, 1.807) is 74.6 Å². The molecular formula is C66H84N16O16S4. The van der Waals surface area contributed by atoms with Gasteiger partial charge in [0.15, 0.2) is 0 Å². The SMILES string of the molecule is CCC[C@@H]1NC(=O)[C@H](Cc2c[nH]c3ccccc23)NC(=O)[C@H](Cc2ccccc2)NC(=O)[C@@H]2CSSC[C@H](NC(=O)CN)C(=O)N[C@@H](CSSC[C@@H](C(=O)O)NC(=O)[C@H](Cc3ccc(O)cc3)NC1=O)C(=O)N[C@@H](CO)C(=O)N[C@@H](Cc1cnc[nH]1)C(=O)N1CCC[C@H]1C(=O)N[C@@H](CC)C(=O)N2. The molecule has 3 aromatic carbocycles. The van der Waals surface area contributed by atoms with Crippen LogP contribution in [0.1, 0.15) is 68.3 Å². The highest BCUT2D eigenvalue weighted by molar-refractivity contribution is 8.77. The van der Waals surface area contributed by atoms with Gasteiger partial charge in [0, 0.05) is 84.2 Å². The van der Waals surface area contributed by atoms with Gasteiger partial charge in [-0.2, -0.15) is 0 Å². The summed E-state index contributed by atoms with van der Waals surface area (Å²) < 4.78 is 0. The first-order chi connectivity index (χ1) is 49.1. The van der Waals surface area contributed by atoms with E-state index in [4.69, 9.17) is 5.73 Å². The summed E-state index contributed by atoms with van der Waals surface area (Å²) in [5, 5.41) is 61.2. The Hall–Kier alpha value is -9.36. The summed E-state index contributed by atoms with van der Waals surface area (Å²) in [6, 6.07) is 2.91. The molecule has 3 aliphatic heterocycles. The van der Waals surface area contributed by atoms with E-state index in [2.05, 4.69) is 73.4 Å². The number of H-pyrrole nitrogens is 2. The number of hydrogen-bond donors (Lipinski definition) is 17. The number of aliphatic hydroxyl groups excluding tert-OH is 1. The van der Waals surface area contributed by atoms with Crippen molar-refractivity contribution in [2.75, 3.05) is 42.7 Å². The second-order valence-corrected chi connectivity index (χ2v) is 29.5. The molecule has 5 aromatic rings. The normalized spacial score (nSPS) is 25.7. The Morgan fingerprint density at radius 1 is 0.569 bits per heavy atom. The molecule has 0 saturated carbocycles. The molecule has 548 valence electrons. The number of carbonyl (C=O) groups excluding carboxylic acids is 12. The fraction of sp³-hybridized carbons (Fsp3) is 0.455. The zero-order valence-electron chi connectivity index (χ0n) is 55.7. The van der Waals surface area contributed by atoms with Crippen molar-refractivity contribution in [3.05, 3.63) is 120 Å². The number of nitrogens with one attached hydrogen (secondary N) is 13. The number of nitrogens with zero attached hydrogens (tertiary/aromatic N) is 2. The van der Waals surface area contributed by atoms with E-state index < -0.39 is 174 Å². The summed E-state index contributed by atoms with van der Waals surface area (Å²) in [4.78, 5) is 200. The summed E-state index contributed by atoms with van der Waals surface area (Å²) >= 11 is 0. The minimum atomic E-state index is -1.83. The molecule has 8 rings (SSSR count). The van der Waals surface area contributed by atoms with Gasteiger partial charge in [0.05, 0.1) is 19.5 Å². The molecule has 0 spiro atoms. The largest absolute Gasteiger partial charge is 0.508 e. The molecule has 5 heterocycles. The van der Waals surface area contributed by atoms with Crippen molar-refractivity contribution in [2.24, 2.45) is 5.73 Å². The van der Waals surface area contributed by atoms with E-state index in [-0.39, 0.29) is 75.2 Å². The number of carboxylic acids is 1. The average molecular weight is 1490 g/mol. The molecule has 0 aliphatic carbocycles. The second kappa shape index (κ2) is 38.6. The number of aromatic nitrogens is 3. The molecule has 3 saturated heterocycles. The Morgan fingerprint density at radius 3 is 1.74 bits per heavy atom. The monoisotopic (exact) mass is 1480 g/mol. The zero-order valence-corrected chi connectivity index (χ0v) is 59.0. The first-order valence-electron chi connectivity index (χ1n) is 33.1. The van der Waals surface area contributed by atoms with Gasteiger partial charge in [-0.15, -0.1) is 0 Å². The number of phenolic OH excluding ortho intramolecular Hbond substituents is 1. The topological polar surface area (TPSA) is 489 Å². The molecular weight excluding hydrogens is 1400 g/mol. The van der Waals surface area contributed by atoms with Gasteiger partial charge < -0.3 is 94.4 Å². The highest BCUT2D eigenvalue weighted by Crippen LogP contribution is 2.27. The molecule has 2 aromatic heterocycles. The van der Waals surface area contributed by atoms with Gasteiger partial charge in [-0.25, -0.2) is 9.78 Å². The molecule has 32 nitrogen and oxygen atoms in total. The summed E-state index contributed by atoms with van der Waals surface area (Å²) in [5.41, 5.74) is 8.25. The molecule has 3 aliphatic rings. The van der Waals surface area contributed by atoms with Gasteiger partial charge in [0.2, 0.25) is 70.9 Å². The molecule has 12 atom stereocenters. The predicted octanol–water partition coefficient (Wildman–Crippen LogP) is -1.77. The summed E-state index contributed by atoms with van der Waals surface area (Å²) in [7, 11) is 3.47. The molecule has 0 unspecified atom stereocenters. The van der Waals surface area contributed by atoms with Crippen LogP contribution in [0.2, 0.25) is 0 Å². The number of fused-ring (bicyclic) bond motifs is 10. The molecule has 0 radical (unpaired) electrons. The number of imidazole rings is 1. The number of amides is 12. The highest BCUT2D eigenvalue weighted by Gasteiger charge is 2.42. The number of para-hydroxylation sites is 1. The van der Waals surface area contributed by atoms with Crippen molar-refractivity contribution in [1.82, 2.24) is 78.3 Å². The van der Waals surface area contributed by atoms with Crippen molar-refractivity contribution in [1.29, 1.82) is 0 Å². The molecule has 12 amide bonds. The minimum Gasteiger partial charge on any atom is -0.508 e. The number of aliphatic hydroxyl groups is 1. The van der Waals surface area contributed by atoms with E-state index in [0.29, 0.717) is 39.7 Å². The number of rotatable bonds is 15. The first-order valence-corrected chi connectivity index (χ1v) is 38.0. The minimum absolute atomic E-state index is 0.0138. The Balaban J connectivity index is 1.23. The van der Waals surface area contributed by atoms with E-state index >= 15 is 14.4 Å². The second-order valence-electron chi connectivity index (χ2n) is 24.4. The lowest BCUT2D eigenvalue weighted by Gasteiger charge is -2.30. The van der Waals surface area contributed by atoms with E-state index in [1.807, 2.05) is 0 Å². The zero-order chi connectivity index (χ0) is 73.4. The third kappa shape index (κ3) is 22.3. The van der Waals surface area contributed by atoms with Gasteiger partial charge in [-0.05, 0) is 60.6 Å². The van der Waals surface area contributed by atoms with Gasteiger partial charge in [0.1, 0.15) is 78.3 Å². The number of benzene rings is 3. The number of hydrogen-bond acceptors (Lipinski definition) is 21. The fourth-order valence-electron chi connectivity index (χ4n) is 11.4. The number of aromatic hydroxyl groups is 1. The van der Waals surface area contributed by atoms with Crippen molar-refractivity contribution >= 4 is 131 Å². The third-order valence-electron chi connectivity index (χ3n) is 17.0. The first kappa shape index (κ1) is 78.4. The molecule has 3 fully saturated rings. The van der Waals surface area contributed by atoms with E-state index in [0.717, 1.165) is 43.2 Å². The third-order valence-corrected chi connectivity index (χ3v) is 21.8. The maximum atomic E-state index is 15.3. The number of phenols is 1. The maximum absolute atomic E-state index is 15.3. The van der Waals surface area contributed by atoms with Crippen molar-refractivity contribution in [2.45, 2.75) is 144 Å². The average Bonchev–Trinajstić information content (AvgIpc) is 1.62. The van der Waals surface area contributed by atoms with Crippen LogP contribution in [0.5, 0.6) is 5.75 Å². The van der Waals surface area contributed by atoms with Crippen LogP contribution in [0.25, 0.3) is 10.9 Å². The molecule has 18 N–H and O–H groups in total. The lowest BCUT2D eigenvalue weighted by molar-refractivity contribution is -0.142. The van der Waals surface area contributed by atoms with Gasteiger partial charge in [-0.1, -0.05) is 124 Å². The van der Waals surface area contributed by atoms with Crippen molar-refractivity contribution in [3.63, 3.8) is 0 Å². The van der Waals surface area contributed by atoms with Crippen LogP contribution in [0.4, 0.5) is 0 Å². The lowest BCUT2D eigenvalue weighted by atomic mass is 10.0. The molecule has 2 bridgehead atoms. The van der Waals surface area contributed by atoms with Crippen LogP contribution in [-0.2, 0) is 88.0 Å². The summed E-state index contributed by atoms with van der Waals surface area (Å²) in [6.45, 7) is 1.65. The number of nitrogens with two attached hydrogens (primary N) is 1. The number of carbonyl (C=O) groups is 13. The number of aromatic amines is 2. The van der Waals surface area contributed by atoms with Crippen LogP contribution >= 0.6 is 43.2 Å². The predicted molar refractivity (Wildman–Crippen MR) is 381 cm³/mol. The Kier molecular flexibility index (Phi) is 29.7. The smallest absolute Gasteiger partial charge is 0.327 e. The Bertz CT molecular complexity index is 3780. The quantitative estimate of drug-likeness (QED) is 0.0516. The van der Waals surface area contributed by atoms with Gasteiger partial charge in [-0.3, -0.25) is 57.5 Å². The van der Waals surface area contributed by atoms with Crippen molar-refractivity contribution < 1.29 is 77.6 Å². The fourth-order valence-corrected chi connectivity index (χ4v) is 16.1. The Labute approximate surface area is 602 Å². The van der Waals surface area contributed by atoms with Gasteiger partial charge >= 0.3 is 5.97 Å². The van der Waals surface area contributed by atoms with E-state index in [9.17, 15) is 63.3 Å². The van der Waals surface area contributed by atoms with Crippen LogP contribution in [-0.4, -0.2) is 227 Å². The van der Waals surface area contributed by atoms with Crippen LogP contribution in [0.3, 0.4) is 0 Å². The van der Waals surface area contributed by atoms with Crippen LogP contribution in [0, 0.1) is 0 Å². The lowest BCUT2D eigenvalue weighted by Crippen LogP contribution is -2.61. The number of carboxylic acid groups (broad SMARTS) is 1. The van der Waals surface area contributed by atoms with Gasteiger partial charge in [0.25, 0.3) is 0 Å². The highest BCUT2D eigenvalue weighted by atomic mass is 33.1. The Morgan fingerprint density at radius 2 is 1.11 bits per heavy atom. The molecule has 36 heteroatoms. The number of aliphatic carboxylic acids is 1. The van der Waals surface area contributed by atoms with Crippen LogP contribution in [0.15, 0.2) is 97.6 Å². The van der Waals surface area contributed by atoms with Crippen LogP contribution < -0.4 is 64.2 Å². The standard InChI is InChI=1S/C66H84N16O16S4/c1-3-11-43-56(87)74-45(23-36-17-19-39(84)20-18-36)58(89)81-52(66(97)98)33-102-101-32-51-63(94)78-48(29-83)60(91)77-47(25-38-28-68-34-70-38)65(96)82-21-10-16-53(82)64(95)72-41(4-2)55(86)79-50(31-100-99-30-49(61(92)80-51)71-54(85)26-67)62(93)75-44(22-35-12-6-5-7-13-35)57(88)76-46(59(90)73-43)24-37-27-69-42-15-9-8-14-40(37)42/h5-9,12-15,17-20,27-28,34,41,43-53,69,83-84H,3-4,10-11,16,21-26,29-33,67H2,1-2H3,(H,68,70)(H,71,85)(H,72,95)(H,73,90)(H,74,87)(H,75,93)(H,76,88)(H,77,91)(H,78,94)(H,79,86)(H,80,92)(H,81,89)(H,97,98)/t41-,43-,44-,45-,46-,47-,48-,49-,50-,51-,52-,53-/m0/s1. The molecule has 102 heavy (non-hydrogen) atoms. The summed E-state index contributed by atoms with van der Waals surface area (Å²) in [5.74, 6) is -14.3. The maximum Gasteiger partial charge on any atom is 0.327 e. The van der Waals surface area contributed by atoms with E-state index in [1.165, 1.54) is 41.7 Å².